The molecule has 0 amide bonds. The fourth-order valence-corrected chi connectivity index (χ4v) is 2.01. The van der Waals surface area contributed by atoms with E-state index in [0.29, 0.717) is 0 Å². The molecule has 2 fully saturated rings. The second kappa shape index (κ2) is 15.1. The first kappa shape index (κ1) is 27.2. The Morgan fingerprint density at radius 2 is 1.23 bits per heavy atom. The van der Waals surface area contributed by atoms with Crippen LogP contribution in [0.5, 0.6) is 0 Å². The lowest BCUT2D eigenvalue weighted by atomic mass is 9.96. The van der Waals surface area contributed by atoms with Gasteiger partial charge in [0.2, 0.25) is 0 Å². The van der Waals surface area contributed by atoms with Gasteiger partial charge in [0.15, 0.2) is 12.6 Å². The molecule has 11 heteroatoms. The standard InChI is InChI=1S/C6H12O5.C6H12O4.C2H6.CO2/c1-10-5-3(7)2-11-6(9)4(5)8;1-3-4(7)2-10-6(9)5(3)8;1-2;2-1-3/h3-9H,2H2,1H3;3-9H,2H2,1H3;1-2H3;/t3-,4?,5+,6+;3-,4+,5?,6+;;/m10../s1. The van der Waals surface area contributed by atoms with Crippen molar-refractivity contribution < 1.29 is 54.4 Å². The Balaban J connectivity index is 0. The van der Waals surface area contributed by atoms with E-state index in [-0.39, 0.29) is 25.3 Å². The third-order valence-electron chi connectivity index (χ3n) is 3.59. The number of hydrogen-bond donors (Lipinski definition) is 6. The van der Waals surface area contributed by atoms with Gasteiger partial charge in [0.1, 0.15) is 24.4 Å². The van der Waals surface area contributed by atoms with Gasteiger partial charge in [-0.15, -0.1) is 0 Å². The molecule has 156 valence electrons. The van der Waals surface area contributed by atoms with Crippen molar-refractivity contribution in [1.82, 2.24) is 0 Å². The van der Waals surface area contributed by atoms with Crippen LogP contribution in [-0.4, -0.2) is 100 Å². The summed E-state index contributed by atoms with van der Waals surface area (Å²) < 4.78 is 14.0. The minimum atomic E-state index is -1.26. The van der Waals surface area contributed by atoms with Crippen molar-refractivity contribution >= 4 is 6.15 Å². The molecule has 0 aliphatic carbocycles. The van der Waals surface area contributed by atoms with Gasteiger partial charge in [-0.3, -0.25) is 0 Å². The lowest BCUT2D eigenvalue weighted by Gasteiger charge is -2.34. The van der Waals surface area contributed by atoms with E-state index in [4.69, 9.17) is 45.0 Å². The molecule has 0 spiro atoms. The van der Waals surface area contributed by atoms with E-state index in [9.17, 15) is 0 Å². The van der Waals surface area contributed by atoms with Gasteiger partial charge < -0.3 is 44.8 Å². The largest absolute Gasteiger partial charge is 0.390 e. The number of hydrogen-bond acceptors (Lipinski definition) is 11. The number of ether oxygens (including phenoxy) is 3. The number of aliphatic hydroxyl groups is 6. The Morgan fingerprint density at radius 1 is 0.846 bits per heavy atom. The highest BCUT2D eigenvalue weighted by Gasteiger charge is 2.37. The summed E-state index contributed by atoms with van der Waals surface area (Å²) in [5.74, 6) is -0.316. The van der Waals surface area contributed by atoms with Gasteiger partial charge in [-0.25, -0.2) is 0 Å². The number of methoxy groups -OCH3 is 1. The molecule has 0 aromatic carbocycles. The predicted octanol–water partition coefficient (Wildman–Crippen LogP) is -2.79. The molecule has 6 N–H and O–H groups in total. The normalized spacial score (nSPS) is 38.8. The van der Waals surface area contributed by atoms with Crippen LogP contribution in [-0.2, 0) is 23.8 Å². The van der Waals surface area contributed by atoms with Crippen LogP contribution < -0.4 is 0 Å². The van der Waals surface area contributed by atoms with Gasteiger partial charge in [-0.05, 0) is 0 Å². The molecule has 0 aromatic rings. The molecule has 0 saturated carbocycles. The summed E-state index contributed by atoms with van der Waals surface area (Å²) in [7, 11) is 1.36. The zero-order valence-electron chi connectivity index (χ0n) is 15.3. The van der Waals surface area contributed by atoms with E-state index in [2.05, 4.69) is 9.47 Å². The molecule has 0 bridgehead atoms. The van der Waals surface area contributed by atoms with Crippen LogP contribution in [0.3, 0.4) is 0 Å². The van der Waals surface area contributed by atoms with E-state index >= 15 is 0 Å². The van der Waals surface area contributed by atoms with E-state index in [0.717, 1.165) is 0 Å². The maximum atomic E-state index is 9.15. The van der Waals surface area contributed by atoms with Crippen LogP contribution in [0, 0.1) is 5.92 Å². The number of aliphatic hydroxyl groups excluding tert-OH is 6. The summed E-state index contributed by atoms with van der Waals surface area (Å²) in [5, 5.41) is 54.3. The Hall–Kier alpha value is -0.980. The zero-order valence-corrected chi connectivity index (χ0v) is 15.3. The molecular formula is C15H30O11. The van der Waals surface area contributed by atoms with Gasteiger partial charge in [-0.2, -0.15) is 9.59 Å². The van der Waals surface area contributed by atoms with E-state index in [1.165, 1.54) is 7.11 Å². The summed E-state index contributed by atoms with van der Waals surface area (Å²) >= 11 is 0. The van der Waals surface area contributed by atoms with Crippen LogP contribution in [0.4, 0.5) is 0 Å². The minimum Gasteiger partial charge on any atom is -0.390 e. The summed E-state index contributed by atoms with van der Waals surface area (Å²) in [6, 6.07) is 0. The van der Waals surface area contributed by atoms with Crippen molar-refractivity contribution in [2.45, 2.75) is 63.9 Å². The van der Waals surface area contributed by atoms with Crippen molar-refractivity contribution in [3.63, 3.8) is 0 Å². The first-order chi connectivity index (χ1) is 12.2. The van der Waals surface area contributed by atoms with Crippen LogP contribution in [0.15, 0.2) is 0 Å². The monoisotopic (exact) mass is 386 g/mol. The fraction of sp³-hybridized carbons (Fsp3) is 0.933. The van der Waals surface area contributed by atoms with Crippen LogP contribution in [0.2, 0.25) is 0 Å². The Bertz CT molecular complexity index is 361. The molecule has 2 saturated heterocycles. The number of carbonyl (C=O) groups excluding carboxylic acids is 2. The Labute approximate surface area is 151 Å². The van der Waals surface area contributed by atoms with Gasteiger partial charge in [-0.1, -0.05) is 20.8 Å². The fourth-order valence-electron chi connectivity index (χ4n) is 2.01. The molecule has 2 unspecified atom stereocenters. The molecule has 26 heavy (non-hydrogen) atoms. The van der Waals surface area contributed by atoms with Gasteiger partial charge in [0.25, 0.3) is 0 Å². The van der Waals surface area contributed by atoms with Crippen molar-refractivity contribution in [3.8, 4) is 0 Å². The Kier molecular flexibility index (Phi) is 15.8. The Morgan fingerprint density at radius 3 is 1.58 bits per heavy atom. The molecule has 0 aromatic heterocycles. The van der Waals surface area contributed by atoms with Crippen LogP contribution in [0.25, 0.3) is 0 Å². The SMILES string of the molecule is CC.CO[C@@H]1C(O)[C@@H](O)OC[C@H]1O.C[C@@H]1C(O)[C@H](O)OC[C@H]1O.O=C=O. The van der Waals surface area contributed by atoms with E-state index in [1.54, 1.807) is 6.92 Å². The summed E-state index contributed by atoms with van der Waals surface area (Å²) in [4.78, 5) is 16.2. The second-order valence-corrected chi connectivity index (χ2v) is 5.21. The van der Waals surface area contributed by atoms with E-state index in [1.807, 2.05) is 13.8 Å². The highest BCUT2D eigenvalue weighted by atomic mass is 16.6. The van der Waals surface area contributed by atoms with Crippen molar-refractivity contribution in [3.05, 3.63) is 0 Å². The van der Waals surface area contributed by atoms with E-state index < -0.39 is 43.1 Å². The molecule has 2 heterocycles. The first-order valence-corrected chi connectivity index (χ1v) is 8.04. The van der Waals surface area contributed by atoms with Crippen molar-refractivity contribution in [2.24, 2.45) is 5.92 Å². The smallest absolute Gasteiger partial charge is 0.373 e. The van der Waals surface area contributed by atoms with Gasteiger partial charge in [0, 0.05) is 13.0 Å². The topological polar surface area (TPSA) is 183 Å². The summed E-state index contributed by atoms with van der Waals surface area (Å²) in [6.07, 6.45) is -6.61. The quantitative estimate of drug-likeness (QED) is 0.274. The molecule has 2 rings (SSSR count). The second-order valence-electron chi connectivity index (χ2n) is 5.21. The average Bonchev–Trinajstić information content (AvgIpc) is 2.63. The highest BCUT2D eigenvalue weighted by Crippen LogP contribution is 2.19. The van der Waals surface area contributed by atoms with Gasteiger partial charge in [0.05, 0.1) is 19.3 Å². The lowest BCUT2D eigenvalue weighted by Crippen LogP contribution is -2.53. The maximum Gasteiger partial charge on any atom is 0.373 e. The van der Waals surface area contributed by atoms with Gasteiger partial charge >= 0.3 is 6.15 Å². The summed E-state index contributed by atoms with van der Waals surface area (Å²) in [6.45, 7) is 5.75. The van der Waals surface area contributed by atoms with Crippen molar-refractivity contribution in [1.29, 1.82) is 0 Å². The molecule has 11 nitrogen and oxygen atoms in total. The van der Waals surface area contributed by atoms with Crippen molar-refractivity contribution in [2.75, 3.05) is 20.3 Å². The number of rotatable bonds is 1. The molecule has 8 atom stereocenters. The van der Waals surface area contributed by atoms with Crippen LogP contribution >= 0.6 is 0 Å². The zero-order chi connectivity index (χ0) is 20.9. The minimum absolute atomic E-state index is 0.0171. The summed E-state index contributed by atoms with van der Waals surface area (Å²) in [5.41, 5.74) is 0. The third kappa shape index (κ3) is 9.10. The molecule has 2 aliphatic heterocycles. The third-order valence-corrected chi connectivity index (χ3v) is 3.59. The van der Waals surface area contributed by atoms with Crippen LogP contribution in [0.1, 0.15) is 20.8 Å². The predicted molar refractivity (Wildman–Crippen MR) is 84.3 cm³/mol. The lowest BCUT2D eigenvalue weighted by molar-refractivity contribution is -0.257. The molecule has 0 radical (unpaired) electrons. The molecular weight excluding hydrogens is 356 g/mol. The highest BCUT2D eigenvalue weighted by molar-refractivity contribution is 5.20. The molecule has 2 aliphatic rings. The average molecular weight is 386 g/mol. The maximum absolute atomic E-state index is 9.15. The first-order valence-electron chi connectivity index (χ1n) is 8.04.